The van der Waals surface area contributed by atoms with Gasteiger partial charge in [0, 0.05) is 30.7 Å². The fourth-order valence-corrected chi connectivity index (χ4v) is 3.80. The summed E-state index contributed by atoms with van der Waals surface area (Å²) in [5, 5.41) is 4.35. The van der Waals surface area contributed by atoms with Gasteiger partial charge in [-0.25, -0.2) is 0 Å². The highest BCUT2D eigenvalue weighted by Gasteiger charge is 2.37. The van der Waals surface area contributed by atoms with Crippen LogP contribution in [0.2, 0.25) is 0 Å². The van der Waals surface area contributed by atoms with Crippen LogP contribution in [0, 0.1) is 0 Å². The van der Waals surface area contributed by atoms with E-state index < -0.39 is 0 Å². The molecule has 0 amide bonds. The maximum Gasteiger partial charge on any atom is 0.162 e. The van der Waals surface area contributed by atoms with Gasteiger partial charge in [-0.15, -0.1) is 0 Å². The second-order valence-corrected chi connectivity index (χ2v) is 6.20. The third-order valence-corrected chi connectivity index (χ3v) is 5.02. The molecule has 1 fully saturated rings. The van der Waals surface area contributed by atoms with Crippen molar-refractivity contribution in [1.29, 1.82) is 0 Å². The highest BCUT2D eigenvalue weighted by atomic mass is 32.2. The molecule has 2 aliphatic rings. The monoisotopic (exact) mass is 308 g/mol. The summed E-state index contributed by atoms with van der Waals surface area (Å²) in [7, 11) is 3.28. The van der Waals surface area contributed by atoms with E-state index in [-0.39, 0.29) is 5.54 Å². The fraction of sp³-hybridized carbons (Fsp3) is 0.533. The Kier molecular flexibility index (Phi) is 4.26. The van der Waals surface area contributed by atoms with E-state index in [0.29, 0.717) is 5.75 Å². The van der Waals surface area contributed by atoms with Crippen molar-refractivity contribution in [3.8, 4) is 11.5 Å². The van der Waals surface area contributed by atoms with Crippen molar-refractivity contribution in [2.45, 2.75) is 18.4 Å². The summed E-state index contributed by atoms with van der Waals surface area (Å²) in [6, 6.07) is 5.79. The average Bonchev–Trinajstić information content (AvgIpc) is 2.90. The second-order valence-electron chi connectivity index (χ2n) is 5.24. The SMILES string of the molecule is COc1ccc(NC2=NC3(CCOCC3)CS2)cc1OC. The molecule has 2 heterocycles. The highest BCUT2D eigenvalue weighted by Crippen LogP contribution is 2.37. The van der Waals surface area contributed by atoms with Crippen LogP contribution in [-0.2, 0) is 4.74 Å². The summed E-state index contributed by atoms with van der Waals surface area (Å²) in [4.78, 5) is 4.89. The molecule has 0 aromatic heterocycles. The Balaban J connectivity index is 1.73. The lowest BCUT2D eigenvalue weighted by molar-refractivity contribution is 0.0624. The zero-order chi connectivity index (χ0) is 14.7. The number of hydrogen-bond donors (Lipinski definition) is 1. The zero-order valence-corrected chi connectivity index (χ0v) is 13.2. The van der Waals surface area contributed by atoms with Gasteiger partial charge in [-0.3, -0.25) is 4.99 Å². The van der Waals surface area contributed by atoms with Gasteiger partial charge >= 0.3 is 0 Å². The van der Waals surface area contributed by atoms with E-state index in [2.05, 4.69) is 5.32 Å². The topological polar surface area (TPSA) is 52.1 Å². The first kappa shape index (κ1) is 14.5. The molecule has 114 valence electrons. The standard InChI is InChI=1S/C15H20N2O3S/c1-18-12-4-3-11(9-13(12)19-2)16-14-17-15(10-21-14)5-7-20-8-6-15/h3-4,9H,5-8,10H2,1-2H3,(H,16,17). The third-order valence-electron chi connectivity index (χ3n) is 3.87. The molecule has 0 atom stereocenters. The molecule has 2 aliphatic heterocycles. The van der Waals surface area contributed by atoms with Crippen molar-refractivity contribution >= 4 is 22.6 Å². The summed E-state index contributed by atoms with van der Waals surface area (Å²) >= 11 is 1.78. The van der Waals surface area contributed by atoms with Crippen molar-refractivity contribution in [2.24, 2.45) is 4.99 Å². The van der Waals surface area contributed by atoms with E-state index in [1.807, 2.05) is 18.2 Å². The van der Waals surface area contributed by atoms with Crippen LogP contribution in [0.3, 0.4) is 0 Å². The van der Waals surface area contributed by atoms with Crippen molar-refractivity contribution in [2.75, 3.05) is 38.5 Å². The minimum absolute atomic E-state index is 0.0712. The zero-order valence-electron chi connectivity index (χ0n) is 12.3. The Morgan fingerprint density at radius 2 is 1.95 bits per heavy atom. The van der Waals surface area contributed by atoms with Crippen LogP contribution >= 0.6 is 11.8 Å². The Morgan fingerprint density at radius 1 is 1.19 bits per heavy atom. The molecule has 0 unspecified atom stereocenters. The van der Waals surface area contributed by atoms with E-state index in [9.17, 15) is 0 Å². The first-order valence-corrected chi connectivity index (χ1v) is 8.03. The normalized spacial score (nSPS) is 20.2. The first-order chi connectivity index (χ1) is 10.2. The third kappa shape index (κ3) is 3.11. The van der Waals surface area contributed by atoms with Crippen LogP contribution in [0.15, 0.2) is 23.2 Å². The second kappa shape index (κ2) is 6.15. The summed E-state index contributed by atoms with van der Waals surface area (Å²) in [5.41, 5.74) is 1.03. The number of ether oxygens (including phenoxy) is 3. The van der Waals surface area contributed by atoms with Crippen molar-refractivity contribution in [3.63, 3.8) is 0 Å². The maximum absolute atomic E-state index is 5.44. The van der Waals surface area contributed by atoms with Gasteiger partial charge in [-0.2, -0.15) is 0 Å². The summed E-state index contributed by atoms with van der Waals surface area (Å²) in [6.07, 6.45) is 2.02. The molecule has 0 radical (unpaired) electrons. The molecule has 5 nitrogen and oxygen atoms in total. The predicted octanol–water partition coefficient (Wildman–Crippen LogP) is 2.77. The van der Waals surface area contributed by atoms with Gasteiger partial charge in [-0.05, 0) is 25.0 Å². The molecule has 21 heavy (non-hydrogen) atoms. The number of hydrogen-bond acceptors (Lipinski definition) is 6. The number of nitrogens with one attached hydrogen (secondary N) is 1. The molecule has 1 spiro atoms. The summed E-state index contributed by atoms with van der Waals surface area (Å²) in [6.45, 7) is 1.63. The van der Waals surface area contributed by atoms with Gasteiger partial charge < -0.3 is 19.5 Å². The number of amidine groups is 1. The van der Waals surface area contributed by atoms with Gasteiger partial charge in [0.05, 0.1) is 19.8 Å². The van der Waals surface area contributed by atoms with Crippen LogP contribution in [0.25, 0.3) is 0 Å². The number of aliphatic imine (C=N–C) groups is 1. The molecule has 1 N–H and O–H groups in total. The van der Waals surface area contributed by atoms with Gasteiger partial charge in [0.2, 0.25) is 0 Å². The van der Waals surface area contributed by atoms with Gasteiger partial charge in [0.15, 0.2) is 16.7 Å². The Labute approximate surface area is 129 Å². The van der Waals surface area contributed by atoms with Crippen molar-refractivity contribution in [1.82, 2.24) is 0 Å². The molecule has 1 saturated heterocycles. The Hall–Kier alpha value is -1.40. The summed E-state index contributed by atoms with van der Waals surface area (Å²) in [5.74, 6) is 2.48. The minimum atomic E-state index is 0.0712. The van der Waals surface area contributed by atoms with Crippen molar-refractivity contribution < 1.29 is 14.2 Å². The molecule has 3 rings (SSSR count). The first-order valence-electron chi connectivity index (χ1n) is 7.04. The van der Waals surface area contributed by atoms with E-state index in [1.54, 1.807) is 26.0 Å². The summed E-state index contributed by atoms with van der Waals surface area (Å²) < 4.78 is 16.0. The highest BCUT2D eigenvalue weighted by molar-refractivity contribution is 8.14. The van der Waals surface area contributed by atoms with Gasteiger partial charge in [-0.1, -0.05) is 11.8 Å². The number of anilines is 1. The van der Waals surface area contributed by atoms with Crippen molar-refractivity contribution in [3.05, 3.63) is 18.2 Å². The van der Waals surface area contributed by atoms with E-state index in [1.165, 1.54) is 0 Å². The average molecular weight is 308 g/mol. The molecular formula is C15H20N2O3S. The maximum atomic E-state index is 5.44. The fourth-order valence-electron chi connectivity index (χ4n) is 2.59. The van der Waals surface area contributed by atoms with E-state index in [0.717, 1.165) is 48.4 Å². The molecule has 0 aliphatic carbocycles. The number of thioether (sulfide) groups is 1. The van der Waals surface area contributed by atoms with Crippen LogP contribution in [0.4, 0.5) is 5.69 Å². The molecule has 1 aromatic carbocycles. The number of benzene rings is 1. The van der Waals surface area contributed by atoms with Crippen LogP contribution in [-0.4, -0.2) is 43.9 Å². The molecular weight excluding hydrogens is 288 g/mol. The predicted molar refractivity (Wildman–Crippen MR) is 85.8 cm³/mol. The lowest BCUT2D eigenvalue weighted by atomic mass is 9.93. The lowest BCUT2D eigenvalue weighted by Crippen LogP contribution is -2.34. The lowest BCUT2D eigenvalue weighted by Gasteiger charge is -2.29. The Morgan fingerprint density at radius 3 is 2.67 bits per heavy atom. The molecule has 1 aromatic rings. The molecule has 0 bridgehead atoms. The molecule has 6 heteroatoms. The number of rotatable bonds is 3. The van der Waals surface area contributed by atoms with E-state index >= 15 is 0 Å². The minimum Gasteiger partial charge on any atom is -0.493 e. The largest absolute Gasteiger partial charge is 0.493 e. The van der Waals surface area contributed by atoms with Crippen LogP contribution in [0.1, 0.15) is 12.8 Å². The molecule has 0 saturated carbocycles. The van der Waals surface area contributed by atoms with Gasteiger partial charge in [0.1, 0.15) is 0 Å². The smallest absolute Gasteiger partial charge is 0.162 e. The van der Waals surface area contributed by atoms with E-state index in [4.69, 9.17) is 19.2 Å². The number of methoxy groups -OCH3 is 2. The van der Waals surface area contributed by atoms with Gasteiger partial charge in [0.25, 0.3) is 0 Å². The van der Waals surface area contributed by atoms with Crippen LogP contribution < -0.4 is 14.8 Å². The quantitative estimate of drug-likeness (QED) is 0.930. The van der Waals surface area contributed by atoms with Crippen LogP contribution in [0.5, 0.6) is 11.5 Å². The Bertz CT molecular complexity index is 542. The number of nitrogens with zero attached hydrogens (tertiary/aromatic N) is 1.